The molecular weight excluding hydrogens is 258 g/mol. The molecule has 0 saturated heterocycles. The quantitative estimate of drug-likeness (QED) is 0.758. The van der Waals surface area contributed by atoms with Gasteiger partial charge in [0.05, 0.1) is 17.4 Å². The van der Waals surface area contributed by atoms with Crippen LogP contribution in [0.15, 0.2) is 60.8 Å². The van der Waals surface area contributed by atoms with E-state index in [0.29, 0.717) is 5.92 Å². The molecule has 2 aromatic carbocycles. The zero-order valence-electron chi connectivity index (χ0n) is 12.2. The fraction of sp³-hybridized carbons (Fsp3) is 0.222. The summed E-state index contributed by atoms with van der Waals surface area (Å²) in [5.74, 6) is 0.541. The second-order valence-electron chi connectivity index (χ2n) is 5.30. The summed E-state index contributed by atoms with van der Waals surface area (Å²) in [4.78, 5) is 0. The van der Waals surface area contributed by atoms with Crippen LogP contribution in [0, 0.1) is 0 Å². The maximum atomic E-state index is 4.14. The summed E-state index contributed by atoms with van der Waals surface area (Å²) in [6, 6.07) is 18.7. The number of rotatable bonds is 5. The van der Waals surface area contributed by atoms with Crippen molar-refractivity contribution in [3.8, 4) is 0 Å². The van der Waals surface area contributed by atoms with Crippen LogP contribution in [-0.2, 0) is 0 Å². The van der Waals surface area contributed by atoms with Crippen molar-refractivity contribution in [2.24, 2.45) is 0 Å². The van der Waals surface area contributed by atoms with Crippen LogP contribution in [0.4, 0.5) is 5.69 Å². The lowest BCUT2D eigenvalue weighted by atomic mass is 9.98. The Bertz CT molecular complexity index is 704. The number of fused-ring (bicyclic) bond motifs is 1. The monoisotopic (exact) mass is 277 g/mol. The average Bonchev–Trinajstić information content (AvgIpc) is 2.56. The Labute approximate surface area is 125 Å². The van der Waals surface area contributed by atoms with E-state index in [1.807, 2.05) is 18.2 Å². The first-order valence-corrected chi connectivity index (χ1v) is 7.34. The SMILES string of the molecule is CC(CCNc1cnnc2ccccc12)c1ccccc1. The van der Waals surface area contributed by atoms with Crippen LogP contribution in [0.1, 0.15) is 24.8 Å². The summed E-state index contributed by atoms with van der Waals surface area (Å²) in [6.07, 6.45) is 2.89. The van der Waals surface area contributed by atoms with E-state index in [1.165, 1.54) is 5.56 Å². The Hall–Kier alpha value is -2.42. The number of nitrogens with zero attached hydrogens (tertiary/aromatic N) is 2. The third-order valence-corrected chi connectivity index (χ3v) is 3.81. The Morgan fingerprint density at radius 3 is 2.62 bits per heavy atom. The van der Waals surface area contributed by atoms with Crippen LogP contribution in [0.5, 0.6) is 0 Å². The number of hydrogen-bond donors (Lipinski definition) is 1. The molecule has 1 aromatic heterocycles. The van der Waals surface area contributed by atoms with E-state index in [2.05, 4.69) is 58.8 Å². The topological polar surface area (TPSA) is 37.8 Å². The molecule has 0 aliphatic carbocycles. The third kappa shape index (κ3) is 3.19. The number of aromatic nitrogens is 2. The molecule has 0 saturated carbocycles. The standard InChI is InChI=1S/C18H19N3/c1-14(15-7-3-2-4-8-15)11-12-19-18-13-20-21-17-10-6-5-9-16(17)18/h2-10,13-14H,11-12H2,1H3,(H,19,21). The maximum Gasteiger partial charge on any atom is 0.0950 e. The van der Waals surface area contributed by atoms with Crippen LogP contribution in [-0.4, -0.2) is 16.7 Å². The summed E-state index contributed by atoms with van der Waals surface area (Å²) in [7, 11) is 0. The molecule has 0 spiro atoms. The zero-order chi connectivity index (χ0) is 14.5. The van der Waals surface area contributed by atoms with Crippen LogP contribution >= 0.6 is 0 Å². The number of benzene rings is 2. The van der Waals surface area contributed by atoms with Gasteiger partial charge in [-0.2, -0.15) is 10.2 Å². The predicted molar refractivity (Wildman–Crippen MR) is 87.5 cm³/mol. The molecule has 3 nitrogen and oxygen atoms in total. The van der Waals surface area contributed by atoms with Gasteiger partial charge in [-0.1, -0.05) is 55.5 Å². The second kappa shape index (κ2) is 6.35. The molecule has 21 heavy (non-hydrogen) atoms. The highest BCUT2D eigenvalue weighted by atomic mass is 15.1. The highest BCUT2D eigenvalue weighted by Gasteiger charge is 2.06. The normalized spacial score (nSPS) is 12.2. The minimum absolute atomic E-state index is 0.541. The van der Waals surface area contributed by atoms with E-state index >= 15 is 0 Å². The first-order chi connectivity index (χ1) is 10.3. The molecule has 3 rings (SSSR count). The van der Waals surface area contributed by atoms with Gasteiger partial charge in [0.2, 0.25) is 0 Å². The van der Waals surface area contributed by atoms with E-state index in [-0.39, 0.29) is 0 Å². The maximum absolute atomic E-state index is 4.14. The molecule has 1 atom stereocenters. The largest absolute Gasteiger partial charge is 0.383 e. The van der Waals surface area contributed by atoms with Gasteiger partial charge in [-0.05, 0) is 24.0 Å². The Balaban J connectivity index is 1.65. The Morgan fingerprint density at radius 2 is 1.76 bits per heavy atom. The van der Waals surface area contributed by atoms with Gasteiger partial charge in [0.15, 0.2) is 0 Å². The second-order valence-corrected chi connectivity index (χ2v) is 5.30. The molecule has 1 unspecified atom stereocenters. The first-order valence-electron chi connectivity index (χ1n) is 7.34. The van der Waals surface area contributed by atoms with Crippen LogP contribution in [0.2, 0.25) is 0 Å². The third-order valence-electron chi connectivity index (χ3n) is 3.81. The van der Waals surface area contributed by atoms with Gasteiger partial charge in [-0.25, -0.2) is 0 Å². The average molecular weight is 277 g/mol. The van der Waals surface area contributed by atoms with Crippen LogP contribution < -0.4 is 5.32 Å². The van der Waals surface area contributed by atoms with E-state index in [0.717, 1.165) is 29.6 Å². The van der Waals surface area contributed by atoms with Gasteiger partial charge in [0, 0.05) is 11.9 Å². The van der Waals surface area contributed by atoms with Gasteiger partial charge in [0.25, 0.3) is 0 Å². The van der Waals surface area contributed by atoms with Crippen molar-refractivity contribution in [2.75, 3.05) is 11.9 Å². The van der Waals surface area contributed by atoms with Crippen molar-refractivity contribution in [3.63, 3.8) is 0 Å². The molecule has 0 aliphatic rings. The Morgan fingerprint density at radius 1 is 1.00 bits per heavy atom. The zero-order valence-corrected chi connectivity index (χ0v) is 12.2. The lowest BCUT2D eigenvalue weighted by Crippen LogP contribution is -2.07. The van der Waals surface area contributed by atoms with Gasteiger partial charge >= 0.3 is 0 Å². The highest BCUT2D eigenvalue weighted by Crippen LogP contribution is 2.22. The summed E-state index contributed by atoms with van der Waals surface area (Å²) in [5.41, 5.74) is 3.37. The molecule has 0 fully saturated rings. The van der Waals surface area contributed by atoms with E-state index in [1.54, 1.807) is 6.20 Å². The highest BCUT2D eigenvalue weighted by molar-refractivity contribution is 5.90. The van der Waals surface area contributed by atoms with Gasteiger partial charge in [-0.15, -0.1) is 0 Å². The molecule has 0 radical (unpaired) electrons. The molecule has 106 valence electrons. The molecule has 0 amide bonds. The van der Waals surface area contributed by atoms with Crippen LogP contribution in [0.25, 0.3) is 10.9 Å². The predicted octanol–water partition coefficient (Wildman–Crippen LogP) is 4.24. The van der Waals surface area contributed by atoms with Gasteiger partial charge < -0.3 is 5.32 Å². The summed E-state index contributed by atoms with van der Waals surface area (Å²) < 4.78 is 0. The van der Waals surface area contributed by atoms with E-state index < -0.39 is 0 Å². The van der Waals surface area contributed by atoms with Crippen molar-refractivity contribution >= 4 is 16.6 Å². The lowest BCUT2D eigenvalue weighted by Gasteiger charge is -2.13. The lowest BCUT2D eigenvalue weighted by molar-refractivity contribution is 0.706. The summed E-state index contributed by atoms with van der Waals surface area (Å²) >= 11 is 0. The molecule has 1 heterocycles. The van der Waals surface area contributed by atoms with Crippen molar-refractivity contribution in [1.82, 2.24) is 10.2 Å². The van der Waals surface area contributed by atoms with Crippen molar-refractivity contribution in [1.29, 1.82) is 0 Å². The molecule has 0 bridgehead atoms. The van der Waals surface area contributed by atoms with Gasteiger partial charge in [0.1, 0.15) is 0 Å². The number of anilines is 1. The minimum atomic E-state index is 0.541. The summed E-state index contributed by atoms with van der Waals surface area (Å²) in [5, 5.41) is 12.8. The number of nitrogens with one attached hydrogen (secondary N) is 1. The van der Waals surface area contributed by atoms with Crippen molar-refractivity contribution in [2.45, 2.75) is 19.3 Å². The van der Waals surface area contributed by atoms with Crippen molar-refractivity contribution < 1.29 is 0 Å². The number of hydrogen-bond acceptors (Lipinski definition) is 3. The smallest absolute Gasteiger partial charge is 0.0950 e. The van der Waals surface area contributed by atoms with Crippen molar-refractivity contribution in [3.05, 3.63) is 66.4 Å². The molecule has 0 aliphatic heterocycles. The fourth-order valence-electron chi connectivity index (χ4n) is 2.52. The summed E-state index contributed by atoms with van der Waals surface area (Å²) in [6.45, 7) is 3.19. The van der Waals surface area contributed by atoms with Gasteiger partial charge in [-0.3, -0.25) is 0 Å². The minimum Gasteiger partial charge on any atom is -0.383 e. The van der Waals surface area contributed by atoms with E-state index in [4.69, 9.17) is 0 Å². The molecule has 3 heteroatoms. The molecular formula is C18H19N3. The first kappa shape index (κ1) is 13.6. The van der Waals surface area contributed by atoms with E-state index in [9.17, 15) is 0 Å². The fourth-order valence-corrected chi connectivity index (χ4v) is 2.52. The van der Waals surface area contributed by atoms with Crippen LogP contribution in [0.3, 0.4) is 0 Å². The molecule has 3 aromatic rings. The Kier molecular flexibility index (Phi) is 4.10. The molecule has 1 N–H and O–H groups in total.